The zero-order valence-corrected chi connectivity index (χ0v) is 8.99. The Morgan fingerprint density at radius 2 is 2.40 bits per heavy atom. The summed E-state index contributed by atoms with van der Waals surface area (Å²) < 4.78 is 4.84. The number of nitrogens with one attached hydrogen (secondary N) is 1. The lowest BCUT2D eigenvalue weighted by Gasteiger charge is -2.09. The van der Waals surface area contributed by atoms with Crippen molar-refractivity contribution in [3.05, 3.63) is 11.7 Å². The molecule has 84 valence electrons. The van der Waals surface area contributed by atoms with Crippen molar-refractivity contribution in [1.82, 2.24) is 15.5 Å². The van der Waals surface area contributed by atoms with E-state index in [1.807, 2.05) is 6.92 Å². The molecular weight excluding hydrogens is 196 g/mol. The Morgan fingerprint density at radius 3 is 2.93 bits per heavy atom. The Hall–Kier alpha value is -1.43. The van der Waals surface area contributed by atoms with Crippen LogP contribution in [0.25, 0.3) is 0 Å². The number of nitrogens with two attached hydrogens (primary N) is 1. The highest BCUT2D eigenvalue weighted by molar-refractivity contribution is 5.81. The first-order valence-electron chi connectivity index (χ1n) is 4.96. The van der Waals surface area contributed by atoms with Crippen molar-refractivity contribution in [2.75, 3.05) is 0 Å². The summed E-state index contributed by atoms with van der Waals surface area (Å²) in [5.74, 6) is 0.759. The molecule has 15 heavy (non-hydrogen) atoms. The summed E-state index contributed by atoms with van der Waals surface area (Å²) in [7, 11) is 0. The van der Waals surface area contributed by atoms with Crippen LogP contribution in [0.2, 0.25) is 0 Å². The minimum absolute atomic E-state index is 0.187. The number of hydrogen-bond donors (Lipinski definition) is 2. The fourth-order valence-corrected chi connectivity index (χ4v) is 1.15. The van der Waals surface area contributed by atoms with Crippen molar-refractivity contribution in [3.8, 4) is 0 Å². The molecule has 0 saturated carbocycles. The number of hydrogen-bond acceptors (Lipinski definition) is 5. The molecule has 0 aliphatic heterocycles. The predicted octanol–water partition coefficient (Wildman–Crippen LogP) is 0.122. The van der Waals surface area contributed by atoms with Gasteiger partial charge in [0.05, 0.1) is 12.6 Å². The van der Waals surface area contributed by atoms with E-state index in [2.05, 4.69) is 15.5 Å². The average Bonchev–Trinajstić information content (AvgIpc) is 2.61. The van der Waals surface area contributed by atoms with Crippen LogP contribution in [-0.4, -0.2) is 22.1 Å². The van der Waals surface area contributed by atoms with Gasteiger partial charge in [-0.25, -0.2) is 0 Å². The molecule has 1 aromatic heterocycles. The number of aromatic nitrogens is 2. The van der Waals surface area contributed by atoms with Crippen LogP contribution in [0.4, 0.5) is 0 Å². The largest absolute Gasteiger partial charge is 0.346 e. The fourth-order valence-electron chi connectivity index (χ4n) is 1.15. The van der Waals surface area contributed by atoms with Crippen LogP contribution >= 0.6 is 0 Å². The van der Waals surface area contributed by atoms with Crippen molar-refractivity contribution < 1.29 is 9.32 Å². The van der Waals surface area contributed by atoms with E-state index in [-0.39, 0.29) is 12.5 Å². The molecule has 1 atom stereocenters. The summed E-state index contributed by atoms with van der Waals surface area (Å²) in [6.45, 7) is 3.93. The molecule has 0 radical (unpaired) electrons. The van der Waals surface area contributed by atoms with E-state index in [4.69, 9.17) is 10.3 Å². The number of rotatable bonds is 5. The first-order chi connectivity index (χ1) is 7.13. The standard InChI is InChI=1S/C9H16N4O2/c1-3-4-7(10)9(14)11-5-8-12-6(2)13-15-8/h7H,3-5,10H2,1-2H3,(H,11,14)/t7-/m1/s1. The number of amides is 1. The van der Waals surface area contributed by atoms with Crippen molar-refractivity contribution in [1.29, 1.82) is 0 Å². The molecule has 6 heteroatoms. The molecule has 1 aromatic rings. The molecule has 0 aliphatic rings. The maximum Gasteiger partial charge on any atom is 0.246 e. The molecule has 0 saturated heterocycles. The third-order valence-corrected chi connectivity index (χ3v) is 1.92. The Balaban J connectivity index is 2.34. The third kappa shape index (κ3) is 3.67. The van der Waals surface area contributed by atoms with Gasteiger partial charge < -0.3 is 15.6 Å². The molecule has 0 bridgehead atoms. The Labute approximate surface area is 88.2 Å². The second-order valence-electron chi connectivity index (χ2n) is 3.35. The molecule has 3 N–H and O–H groups in total. The SMILES string of the molecule is CCC[C@@H](N)C(=O)NCc1nc(C)no1. The van der Waals surface area contributed by atoms with E-state index in [1.165, 1.54) is 0 Å². The van der Waals surface area contributed by atoms with Gasteiger partial charge in [-0.2, -0.15) is 4.98 Å². The number of carbonyl (C=O) groups excluding carboxylic acids is 1. The Kier molecular flexibility index (Phi) is 4.23. The number of nitrogens with zero attached hydrogens (tertiary/aromatic N) is 2. The lowest BCUT2D eigenvalue weighted by Crippen LogP contribution is -2.40. The van der Waals surface area contributed by atoms with Crippen LogP contribution < -0.4 is 11.1 Å². The van der Waals surface area contributed by atoms with Crippen LogP contribution in [0.3, 0.4) is 0 Å². The molecule has 0 unspecified atom stereocenters. The first kappa shape index (κ1) is 11.6. The molecule has 0 fully saturated rings. The van der Waals surface area contributed by atoms with E-state index < -0.39 is 6.04 Å². The maximum atomic E-state index is 11.4. The van der Waals surface area contributed by atoms with Crippen LogP contribution in [0.5, 0.6) is 0 Å². The van der Waals surface area contributed by atoms with Crippen LogP contribution in [0, 0.1) is 6.92 Å². The molecular formula is C9H16N4O2. The van der Waals surface area contributed by atoms with Crippen molar-refractivity contribution in [2.24, 2.45) is 5.73 Å². The molecule has 1 rings (SSSR count). The monoisotopic (exact) mass is 212 g/mol. The second-order valence-corrected chi connectivity index (χ2v) is 3.35. The van der Waals surface area contributed by atoms with Gasteiger partial charge in [-0.05, 0) is 13.3 Å². The zero-order valence-electron chi connectivity index (χ0n) is 8.99. The van der Waals surface area contributed by atoms with E-state index in [0.29, 0.717) is 18.1 Å². The van der Waals surface area contributed by atoms with Gasteiger partial charge in [0.1, 0.15) is 0 Å². The summed E-state index contributed by atoms with van der Waals surface area (Å²) in [6.07, 6.45) is 1.56. The van der Waals surface area contributed by atoms with Gasteiger partial charge >= 0.3 is 0 Å². The molecule has 0 aromatic carbocycles. The van der Waals surface area contributed by atoms with Gasteiger partial charge in [-0.15, -0.1) is 0 Å². The Bertz CT molecular complexity index is 324. The van der Waals surface area contributed by atoms with Gasteiger partial charge in [-0.3, -0.25) is 4.79 Å². The molecule has 1 amide bonds. The third-order valence-electron chi connectivity index (χ3n) is 1.92. The van der Waals surface area contributed by atoms with E-state index >= 15 is 0 Å². The number of carbonyl (C=O) groups is 1. The first-order valence-corrected chi connectivity index (χ1v) is 4.96. The topological polar surface area (TPSA) is 94.0 Å². The summed E-state index contributed by atoms with van der Waals surface area (Å²) in [5, 5.41) is 6.24. The van der Waals surface area contributed by atoms with E-state index in [9.17, 15) is 4.79 Å². The van der Waals surface area contributed by atoms with Crippen molar-refractivity contribution in [3.63, 3.8) is 0 Å². The second kappa shape index (κ2) is 5.45. The van der Waals surface area contributed by atoms with Crippen molar-refractivity contribution >= 4 is 5.91 Å². The lowest BCUT2D eigenvalue weighted by atomic mass is 10.2. The smallest absolute Gasteiger partial charge is 0.246 e. The van der Waals surface area contributed by atoms with Crippen LogP contribution in [0.1, 0.15) is 31.5 Å². The molecule has 6 nitrogen and oxygen atoms in total. The van der Waals surface area contributed by atoms with Gasteiger partial charge in [-0.1, -0.05) is 18.5 Å². The average molecular weight is 212 g/mol. The Morgan fingerprint density at radius 1 is 1.67 bits per heavy atom. The van der Waals surface area contributed by atoms with E-state index in [1.54, 1.807) is 6.92 Å². The summed E-state index contributed by atoms with van der Waals surface area (Å²) in [6, 6.07) is -0.459. The van der Waals surface area contributed by atoms with Gasteiger partial charge in [0.15, 0.2) is 5.82 Å². The molecule has 0 spiro atoms. The van der Waals surface area contributed by atoms with E-state index in [0.717, 1.165) is 6.42 Å². The zero-order chi connectivity index (χ0) is 11.3. The van der Waals surface area contributed by atoms with Gasteiger partial charge in [0.2, 0.25) is 11.8 Å². The summed E-state index contributed by atoms with van der Waals surface area (Å²) in [4.78, 5) is 15.3. The molecule has 1 heterocycles. The minimum Gasteiger partial charge on any atom is -0.346 e. The minimum atomic E-state index is -0.459. The summed E-state index contributed by atoms with van der Waals surface area (Å²) >= 11 is 0. The predicted molar refractivity (Wildman–Crippen MR) is 53.8 cm³/mol. The summed E-state index contributed by atoms with van der Waals surface area (Å²) in [5.41, 5.74) is 5.62. The fraction of sp³-hybridized carbons (Fsp3) is 0.667. The van der Waals surface area contributed by atoms with Crippen LogP contribution in [0.15, 0.2) is 4.52 Å². The van der Waals surface area contributed by atoms with Crippen LogP contribution in [-0.2, 0) is 11.3 Å². The maximum absolute atomic E-state index is 11.4. The molecule has 0 aliphatic carbocycles. The normalized spacial score (nSPS) is 12.5. The van der Waals surface area contributed by atoms with Crippen molar-refractivity contribution in [2.45, 2.75) is 39.3 Å². The van der Waals surface area contributed by atoms with Gasteiger partial charge in [0.25, 0.3) is 0 Å². The number of aryl methyl sites for hydroxylation is 1. The highest BCUT2D eigenvalue weighted by Gasteiger charge is 2.12. The lowest BCUT2D eigenvalue weighted by molar-refractivity contribution is -0.122. The highest BCUT2D eigenvalue weighted by Crippen LogP contribution is 1.97. The van der Waals surface area contributed by atoms with Gasteiger partial charge in [0, 0.05) is 0 Å². The quantitative estimate of drug-likeness (QED) is 0.723. The highest BCUT2D eigenvalue weighted by atomic mass is 16.5.